The predicted molar refractivity (Wildman–Crippen MR) is 96.3 cm³/mol. The molecule has 15 heteroatoms. The molecular formula is C17H11F6N9. The van der Waals surface area contributed by atoms with Crippen molar-refractivity contribution in [2.24, 2.45) is 0 Å². The van der Waals surface area contributed by atoms with E-state index in [9.17, 15) is 26.3 Å². The number of alkyl halides is 6. The fourth-order valence-electron chi connectivity index (χ4n) is 2.94. The third-order valence-electron chi connectivity index (χ3n) is 4.34. The highest BCUT2D eigenvalue weighted by Crippen LogP contribution is 2.40. The molecule has 3 aromatic heterocycles. The van der Waals surface area contributed by atoms with Gasteiger partial charge in [0.15, 0.2) is 11.6 Å². The van der Waals surface area contributed by atoms with Crippen LogP contribution < -0.4 is 5.32 Å². The minimum Gasteiger partial charge on any atom is -0.358 e. The van der Waals surface area contributed by atoms with Crippen LogP contribution in [0.2, 0.25) is 0 Å². The molecule has 0 saturated carbocycles. The lowest BCUT2D eigenvalue weighted by Crippen LogP contribution is -2.17. The van der Waals surface area contributed by atoms with Crippen molar-refractivity contribution < 1.29 is 26.3 Å². The lowest BCUT2D eigenvalue weighted by Gasteiger charge is -2.17. The third-order valence-corrected chi connectivity index (χ3v) is 4.34. The SMILES string of the molecule is CC(Nc1nnnc2c(C(F)(F)F)cc(C(F)(F)F)cc12)c1ncnn1-c1ncccn1. The molecule has 0 aliphatic carbocycles. The number of aromatic nitrogens is 8. The van der Waals surface area contributed by atoms with E-state index in [2.05, 4.69) is 40.8 Å². The maximum absolute atomic E-state index is 13.4. The van der Waals surface area contributed by atoms with Crippen molar-refractivity contribution in [1.29, 1.82) is 0 Å². The first-order valence-corrected chi connectivity index (χ1v) is 8.81. The highest BCUT2D eigenvalue weighted by atomic mass is 19.4. The second kappa shape index (κ2) is 7.65. The number of nitrogens with zero attached hydrogens (tertiary/aromatic N) is 8. The number of anilines is 1. The monoisotopic (exact) mass is 455 g/mol. The zero-order valence-corrected chi connectivity index (χ0v) is 15.9. The Labute approximate surface area is 174 Å². The fraction of sp³-hybridized carbons (Fsp3) is 0.235. The Hall–Kier alpha value is -3.91. The number of rotatable bonds is 4. The molecule has 0 radical (unpaired) electrons. The van der Waals surface area contributed by atoms with Crippen LogP contribution in [0.4, 0.5) is 32.2 Å². The van der Waals surface area contributed by atoms with Crippen LogP contribution in [-0.4, -0.2) is 40.1 Å². The summed E-state index contributed by atoms with van der Waals surface area (Å²) in [4.78, 5) is 12.1. The molecule has 1 N–H and O–H groups in total. The van der Waals surface area contributed by atoms with Gasteiger partial charge in [0.25, 0.3) is 5.95 Å². The highest BCUT2D eigenvalue weighted by molar-refractivity contribution is 5.91. The van der Waals surface area contributed by atoms with Crippen molar-refractivity contribution >= 4 is 16.7 Å². The molecule has 0 saturated heterocycles. The quantitative estimate of drug-likeness (QED) is 0.465. The molecule has 1 aromatic carbocycles. The third kappa shape index (κ3) is 4.00. The summed E-state index contributed by atoms with van der Waals surface area (Å²) >= 11 is 0. The average Bonchev–Trinajstić information content (AvgIpc) is 3.22. The van der Waals surface area contributed by atoms with E-state index >= 15 is 0 Å². The maximum Gasteiger partial charge on any atom is 0.418 e. The molecule has 9 nitrogen and oxygen atoms in total. The van der Waals surface area contributed by atoms with Crippen LogP contribution >= 0.6 is 0 Å². The summed E-state index contributed by atoms with van der Waals surface area (Å²) in [6, 6.07) is 1.32. The van der Waals surface area contributed by atoms with Gasteiger partial charge in [-0.15, -0.1) is 10.2 Å². The molecule has 166 valence electrons. The van der Waals surface area contributed by atoms with E-state index in [1.165, 1.54) is 23.4 Å². The molecule has 3 heterocycles. The second-order valence-electron chi connectivity index (χ2n) is 6.50. The van der Waals surface area contributed by atoms with Crippen LogP contribution in [-0.2, 0) is 12.4 Å². The molecular weight excluding hydrogens is 444 g/mol. The van der Waals surface area contributed by atoms with Gasteiger partial charge in [0.1, 0.15) is 11.8 Å². The predicted octanol–water partition coefficient (Wildman–Crippen LogP) is 3.61. The maximum atomic E-state index is 13.4. The fourth-order valence-corrected chi connectivity index (χ4v) is 2.94. The lowest BCUT2D eigenvalue weighted by atomic mass is 10.0. The average molecular weight is 455 g/mol. The zero-order valence-electron chi connectivity index (χ0n) is 15.9. The van der Waals surface area contributed by atoms with Gasteiger partial charge in [0.2, 0.25) is 0 Å². The number of fused-ring (bicyclic) bond motifs is 1. The van der Waals surface area contributed by atoms with Crippen molar-refractivity contribution in [3.63, 3.8) is 0 Å². The highest BCUT2D eigenvalue weighted by Gasteiger charge is 2.39. The first-order chi connectivity index (χ1) is 15.1. The molecule has 0 aliphatic heterocycles. The normalized spacial score (nSPS) is 13.3. The summed E-state index contributed by atoms with van der Waals surface area (Å²) in [5.74, 6) is 0.0478. The Morgan fingerprint density at radius 1 is 0.938 bits per heavy atom. The van der Waals surface area contributed by atoms with Gasteiger partial charge in [-0.2, -0.15) is 36.1 Å². The largest absolute Gasteiger partial charge is 0.418 e. The van der Waals surface area contributed by atoms with Crippen LogP contribution in [0, 0.1) is 0 Å². The van der Waals surface area contributed by atoms with Gasteiger partial charge in [-0.05, 0) is 30.3 Å². The summed E-state index contributed by atoms with van der Waals surface area (Å²) in [6.07, 6.45) is -5.99. The number of benzene rings is 1. The van der Waals surface area contributed by atoms with E-state index in [1.807, 2.05) is 0 Å². The Kier molecular flexibility index (Phi) is 5.10. The van der Waals surface area contributed by atoms with E-state index in [0.29, 0.717) is 6.07 Å². The molecule has 0 bridgehead atoms. The molecule has 4 aromatic rings. The zero-order chi connectivity index (χ0) is 23.1. The van der Waals surface area contributed by atoms with Gasteiger partial charge in [-0.25, -0.2) is 15.0 Å². The number of halogens is 6. The molecule has 0 spiro atoms. The Morgan fingerprint density at radius 2 is 1.66 bits per heavy atom. The molecule has 0 aliphatic rings. The number of nitrogens with one attached hydrogen (secondary N) is 1. The van der Waals surface area contributed by atoms with Crippen LogP contribution in [0.1, 0.15) is 29.9 Å². The standard InChI is InChI=1S/C17H11F6N9/c1-8(14-26-7-27-32(14)15-24-3-2-4-25-15)28-13-10-5-9(16(18,19)20)6-11(17(21,22)23)12(10)29-31-30-13/h2-8H,1H3,(H,28,29,30). The lowest BCUT2D eigenvalue weighted by molar-refractivity contribution is -0.142. The van der Waals surface area contributed by atoms with Gasteiger partial charge in [-0.3, -0.25) is 0 Å². The summed E-state index contributed by atoms with van der Waals surface area (Å²) in [6.45, 7) is 1.55. The van der Waals surface area contributed by atoms with Crippen molar-refractivity contribution in [3.05, 3.63) is 53.9 Å². The second-order valence-corrected chi connectivity index (χ2v) is 6.50. The van der Waals surface area contributed by atoms with E-state index in [1.54, 1.807) is 13.0 Å². The molecule has 1 atom stereocenters. The minimum absolute atomic E-state index is 0.00636. The Bertz CT molecular complexity index is 1250. The van der Waals surface area contributed by atoms with E-state index < -0.39 is 40.4 Å². The Morgan fingerprint density at radius 3 is 2.31 bits per heavy atom. The van der Waals surface area contributed by atoms with Crippen LogP contribution in [0.25, 0.3) is 16.9 Å². The topological polar surface area (TPSA) is 107 Å². The van der Waals surface area contributed by atoms with Crippen LogP contribution in [0.15, 0.2) is 36.9 Å². The van der Waals surface area contributed by atoms with E-state index in [4.69, 9.17) is 0 Å². The van der Waals surface area contributed by atoms with Gasteiger partial charge in [0, 0.05) is 17.8 Å². The van der Waals surface area contributed by atoms with Crippen molar-refractivity contribution in [2.45, 2.75) is 25.3 Å². The van der Waals surface area contributed by atoms with Gasteiger partial charge in [0.05, 0.1) is 17.2 Å². The first-order valence-electron chi connectivity index (χ1n) is 8.81. The summed E-state index contributed by atoms with van der Waals surface area (Å²) in [5, 5.41) is 16.4. The van der Waals surface area contributed by atoms with E-state index in [0.717, 1.165) is 0 Å². The van der Waals surface area contributed by atoms with Gasteiger partial charge < -0.3 is 5.32 Å². The van der Waals surface area contributed by atoms with Crippen molar-refractivity contribution in [2.75, 3.05) is 5.32 Å². The molecule has 0 amide bonds. The summed E-state index contributed by atoms with van der Waals surface area (Å²) < 4.78 is 81.3. The van der Waals surface area contributed by atoms with Crippen molar-refractivity contribution in [3.8, 4) is 5.95 Å². The smallest absolute Gasteiger partial charge is 0.358 e. The molecule has 1 unspecified atom stereocenters. The Balaban J connectivity index is 1.80. The minimum atomic E-state index is -5.09. The van der Waals surface area contributed by atoms with Crippen LogP contribution in [0.3, 0.4) is 0 Å². The van der Waals surface area contributed by atoms with Gasteiger partial charge >= 0.3 is 12.4 Å². The van der Waals surface area contributed by atoms with E-state index in [-0.39, 0.29) is 23.7 Å². The number of hydrogen-bond donors (Lipinski definition) is 1. The molecule has 0 fully saturated rings. The number of hydrogen-bond acceptors (Lipinski definition) is 8. The molecule has 32 heavy (non-hydrogen) atoms. The van der Waals surface area contributed by atoms with Gasteiger partial charge in [-0.1, -0.05) is 0 Å². The van der Waals surface area contributed by atoms with Crippen LogP contribution in [0.5, 0.6) is 0 Å². The first kappa shape index (κ1) is 21.3. The molecule has 4 rings (SSSR count). The summed E-state index contributed by atoms with van der Waals surface area (Å²) in [7, 11) is 0. The summed E-state index contributed by atoms with van der Waals surface area (Å²) in [5.41, 5.74) is -3.85. The van der Waals surface area contributed by atoms with Crippen molar-refractivity contribution in [1.82, 2.24) is 40.1 Å².